The lowest BCUT2D eigenvalue weighted by Crippen LogP contribution is -2.27. The number of hydrogen-bond donors (Lipinski definition) is 2. The summed E-state index contributed by atoms with van der Waals surface area (Å²) in [4.78, 5) is 23.7. The molecule has 0 bridgehead atoms. The number of carboxylic acid groups (broad SMARTS) is 1. The van der Waals surface area contributed by atoms with Crippen LogP contribution in [0.15, 0.2) is 5.11 Å². The fraction of sp³-hybridized carbons (Fsp3) is 0.750. The molecular formula is C8H14N4O4S. The lowest BCUT2D eigenvalue weighted by Gasteiger charge is -2.05. The number of carbonyl (C=O) groups is 2. The highest BCUT2D eigenvalue weighted by Crippen LogP contribution is 2.01. The van der Waals surface area contributed by atoms with Crippen LogP contribution in [0.1, 0.15) is 6.42 Å². The molecule has 0 saturated carbocycles. The lowest BCUT2D eigenvalue weighted by molar-refractivity contribution is -0.136. The van der Waals surface area contributed by atoms with Gasteiger partial charge in [0.15, 0.2) is 0 Å². The number of carbonyl (C=O) groups excluding carboxylic acids is 1. The number of ether oxygens (including phenoxy) is 1. The number of thioether (sulfide) groups is 1. The van der Waals surface area contributed by atoms with E-state index in [-0.39, 0.29) is 26.1 Å². The molecule has 0 atom stereocenters. The van der Waals surface area contributed by atoms with Crippen molar-refractivity contribution in [3.63, 3.8) is 0 Å². The fourth-order valence-electron chi connectivity index (χ4n) is 0.759. The highest BCUT2D eigenvalue weighted by Gasteiger charge is 2.00. The van der Waals surface area contributed by atoms with Gasteiger partial charge in [-0.3, -0.25) is 4.79 Å². The van der Waals surface area contributed by atoms with Crippen molar-refractivity contribution in [1.82, 2.24) is 5.32 Å². The molecule has 0 radical (unpaired) electrons. The van der Waals surface area contributed by atoms with Gasteiger partial charge in [-0.05, 0) is 5.53 Å². The zero-order valence-corrected chi connectivity index (χ0v) is 9.98. The summed E-state index contributed by atoms with van der Waals surface area (Å²) in [6.07, 6.45) is -0.472. The second-order valence-corrected chi connectivity index (χ2v) is 4.00. The normalized spacial score (nSPS) is 9.18. The van der Waals surface area contributed by atoms with E-state index in [0.29, 0.717) is 11.5 Å². The molecule has 0 aliphatic heterocycles. The molecule has 0 heterocycles. The average molecular weight is 262 g/mol. The third kappa shape index (κ3) is 12.3. The minimum absolute atomic E-state index is 0.100. The Hall–Kier alpha value is -1.60. The maximum Gasteiger partial charge on any atom is 0.407 e. The van der Waals surface area contributed by atoms with Crippen LogP contribution in [0.4, 0.5) is 4.79 Å². The van der Waals surface area contributed by atoms with E-state index in [0.717, 1.165) is 0 Å². The summed E-state index contributed by atoms with van der Waals surface area (Å²) in [6, 6.07) is 0. The highest BCUT2D eigenvalue weighted by atomic mass is 32.2. The Kier molecular flexibility index (Phi) is 9.88. The van der Waals surface area contributed by atoms with Gasteiger partial charge in [0.1, 0.15) is 6.61 Å². The number of hydrogen-bond acceptors (Lipinski definition) is 5. The predicted octanol–water partition coefficient (Wildman–Crippen LogP) is 1.23. The number of carboxylic acids is 1. The molecule has 0 aromatic rings. The Bertz CT molecular complexity index is 293. The van der Waals surface area contributed by atoms with Gasteiger partial charge in [-0.2, -0.15) is 11.8 Å². The van der Waals surface area contributed by atoms with Gasteiger partial charge in [0, 0.05) is 29.5 Å². The summed E-state index contributed by atoms with van der Waals surface area (Å²) in [5.74, 6) is 0.211. The first-order valence-corrected chi connectivity index (χ1v) is 6.03. The van der Waals surface area contributed by atoms with Crippen LogP contribution in [0, 0.1) is 0 Å². The van der Waals surface area contributed by atoms with E-state index in [1.54, 1.807) is 0 Å². The first kappa shape index (κ1) is 15.4. The number of azide groups is 1. The summed E-state index contributed by atoms with van der Waals surface area (Å²) < 4.78 is 4.78. The number of nitrogens with one attached hydrogen (secondary N) is 1. The van der Waals surface area contributed by atoms with Crippen LogP contribution in [0.3, 0.4) is 0 Å². The van der Waals surface area contributed by atoms with Crippen molar-refractivity contribution >= 4 is 23.8 Å². The molecule has 8 nitrogen and oxygen atoms in total. The van der Waals surface area contributed by atoms with Crippen molar-refractivity contribution in [1.29, 1.82) is 0 Å². The van der Waals surface area contributed by atoms with E-state index in [1.165, 1.54) is 11.8 Å². The molecular weight excluding hydrogens is 248 g/mol. The summed E-state index contributed by atoms with van der Waals surface area (Å²) in [5, 5.41) is 14.0. The molecule has 96 valence electrons. The molecule has 0 aliphatic carbocycles. The SMILES string of the molecule is [N-]=[N+]=NCCNC(=O)OCCSCCC(=O)O. The molecule has 0 aliphatic rings. The van der Waals surface area contributed by atoms with Gasteiger partial charge in [-0.25, -0.2) is 4.79 Å². The number of rotatable bonds is 9. The summed E-state index contributed by atoms with van der Waals surface area (Å²) in [7, 11) is 0. The van der Waals surface area contributed by atoms with Crippen LogP contribution in [0.2, 0.25) is 0 Å². The van der Waals surface area contributed by atoms with Gasteiger partial charge < -0.3 is 15.2 Å². The summed E-state index contributed by atoms with van der Waals surface area (Å²) in [6.45, 7) is 0.631. The monoisotopic (exact) mass is 262 g/mol. The van der Waals surface area contributed by atoms with Crippen molar-refractivity contribution in [2.75, 3.05) is 31.2 Å². The van der Waals surface area contributed by atoms with Gasteiger partial charge in [0.2, 0.25) is 0 Å². The summed E-state index contributed by atoms with van der Waals surface area (Å²) in [5.41, 5.74) is 7.96. The number of nitrogens with zero attached hydrogens (tertiary/aromatic N) is 3. The Morgan fingerprint density at radius 2 is 2.24 bits per heavy atom. The largest absolute Gasteiger partial charge is 0.481 e. The third-order valence-electron chi connectivity index (χ3n) is 1.47. The van der Waals surface area contributed by atoms with Gasteiger partial charge in [-0.15, -0.1) is 0 Å². The minimum Gasteiger partial charge on any atom is -0.481 e. The van der Waals surface area contributed by atoms with E-state index in [9.17, 15) is 9.59 Å². The second-order valence-electron chi connectivity index (χ2n) is 2.77. The smallest absolute Gasteiger partial charge is 0.407 e. The van der Waals surface area contributed by atoms with E-state index < -0.39 is 12.1 Å². The number of aliphatic carboxylic acids is 1. The van der Waals surface area contributed by atoms with Crippen molar-refractivity contribution in [2.45, 2.75) is 6.42 Å². The lowest BCUT2D eigenvalue weighted by atomic mass is 10.5. The van der Waals surface area contributed by atoms with Crippen molar-refractivity contribution in [3.8, 4) is 0 Å². The first-order chi connectivity index (χ1) is 8.16. The molecule has 0 spiro atoms. The standard InChI is InChI=1S/C8H14N4O4S/c9-12-11-3-2-10-8(15)16-4-6-17-5-1-7(13)14/h1-6H2,(H,10,15)(H,13,14). The van der Waals surface area contributed by atoms with Gasteiger partial charge in [0.25, 0.3) is 0 Å². The molecule has 9 heteroatoms. The second kappa shape index (κ2) is 10.9. The molecule has 0 fully saturated rings. The summed E-state index contributed by atoms with van der Waals surface area (Å²) >= 11 is 1.40. The van der Waals surface area contributed by atoms with Crippen molar-refractivity contribution in [2.24, 2.45) is 5.11 Å². The number of alkyl carbamates (subject to hydrolysis) is 1. The van der Waals surface area contributed by atoms with E-state index >= 15 is 0 Å². The van der Waals surface area contributed by atoms with E-state index in [4.69, 9.17) is 15.4 Å². The van der Waals surface area contributed by atoms with Crippen LogP contribution in [-0.4, -0.2) is 48.4 Å². The quantitative estimate of drug-likeness (QED) is 0.280. The highest BCUT2D eigenvalue weighted by molar-refractivity contribution is 7.99. The minimum atomic E-state index is -0.839. The molecule has 17 heavy (non-hydrogen) atoms. The Morgan fingerprint density at radius 1 is 1.47 bits per heavy atom. The van der Waals surface area contributed by atoms with E-state index in [2.05, 4.69) is 15.3 Å². The zero-order chi connectivity index (χ0) is 12.9. The molecule has 0 unspecified atom stereocenters. The first-order valence-electron chi connectivity index (χ1n) is 4.88. The van der Waals surface area contributed by atoms with Crippen LogP contribution >= 0.6 is 11.8 Å². The third-order valence-corrected chi connectivity index (χ3v) is 2.41. The Balaban J connectivity index is 3.27. The van der Waals surface area contributed by atoms with Crippen LogP contribution in [0.25, 0.3) is 10.4 Å². The maximum atomic E-state index is 11.0. The maximum absolute atomic E-state index is 11.0. The van der Waals surface area contributed by atoms with Crippen molar-refractivity contribution < 1.29 is 19.4 Å². The molecule has 0 rings (SSSR count). The predicted molar refractivity (Wildman–Crippen MR) is 62.9 cm³/mol. The van der Waals surface area contributed by atoms with Gasteiger partial charge >= 0.3 is 12.1 Å². The zero-order valence-electron chi connectivity index (χ0n) is 9.16. The van der Waals surface area contributed by atoms with Crippen LogP contribution in [0.5, 0.6) is 0 Å². The average Bonchev–Trinajstić information content (AvgIpc) is 2.29. The number of amides is 1. The fourth-order valence-corrected chi connectivity index (χ4v) is 1.48. The molecule has 1 amide bonds. The molecule has 0 saturated heterocycles. The van der Waals surface area contributed by atoms with E-state index in [1.807, 2.05) is 0 Å². The Morgan fingerprint density at radius 3 is 2.88 bits per heavy atom. The van der Waals surface area contributed by atoms with Crippen LogP contribution in [-0.2, 0) is 9.53 Å². The van der Waals surface area contributed by atoms with Crippen molar-refractivity contribution in [3.05, 3.63) is 10.4 Å². The van der Waals surface area contributed by atoms with Gasteiger partial charge in [0.05, 0.1) is 6.42 Å². The Labute approximate surface area is 102 Å². The molecule has 2 N–H and O–H groups in total. The molecule has 0 aromatic carbocycles. The molecule has 0 aromatic heterocycles. The van der Waals surface area contributed by atoms with Gasteiger partial charge in [-0.1, -0.05) is 5.11 Å². The topological polar surface area (TPSA) is 124 Å². The van der Waals surface area contributed by atoms with Crippen LogP contribution < -0.4 is 5.32 Å².